The average molecular weight is 372 g/mol. The van der Waals surface area contributed by atoms with Crippen LogP contribution in [0.3, 0.4) is 0 Å². The first-order valence-corrected chi connectivity index (χ1v) is 10.0. The Morgan fingerprint density at radius 1 is 1.16 bits per heavy atom. The molecule has 2 aromatic carbocycles. The van der Waals surface area contributed by atoms with Gasteiger partial charge >= 0.3 is 0 Å². The van der Waals surface area contributed by atoms with E-state index in [1.165, 1.54) is 29.5 Å². The van der Waals surface area contributed by atoms with Crippen molar-refractivity contribution >= 4 is 21.2 Å². The normalized spacial score (nSPS) is 11.2. The molecule has 0 saturated heterocycles. The van der Waals surface area contributed by atoms with Crippen molar-refractivity contribution in [2.75, 3.05) is 6.26 Å². The van der Waals surface area contributed by atoms with Crippen LogP contribution < -0.4 is 0 Å². The van der Waals surface area contributed by atoms with Crippen molar-refractivity contribution in [3.05, 3.63) is 59.4 Å². The van der Waals surface area contributed by atoms with Crippen LogP contribution in [0.5, 0.6) is 0 Å². The van der Waals surface area contributed by atoms with Gasteiger partial charge in [-0.05, 0) is 23.8 Å². The van der Waals surface area contributed by atoms with Gasteiger partial charge in [0.05, 0.1) is 28.0 Å². The van der Waals surface area contributed by atoms with Gasteiger partial charge in [-0.25, -0.2) is 17.8 Å². The smallest absolute Gasteiger partial charge is 0.176 e. The summed E-state index contributed by atoms with van der Waals surface area (Å²) in [6.07, 6.45) is 1.27. The quantitative estimate of drug-likeness (QED) is 0.692. The Balaban J connectivity index is 2.27. The number of hydrogen-bond acceptors (Lipinski definition) is 5. The summed E-state index contributed by atoms with van der Waals surface area (Å²) in [6.45, 7) is 0. The average Bonchev–Trinajstić information content (AvgIpc) is 2.99. The van der Waals surface area contributed by atoms with E-state index in [1.807, 2.05) is 0 Å². The van der Waals surface area contributed by atoms with Gasteiger partial charge in [0.15, 0.2) is 9.84 Å². The van der Waals surface area contributed by atoms with Crippen LogP contribution in [0.1, 0.15) is 5.01 Å². The van der Waals surface area contributed by atoms with Gasteiger partial charge in [0.2, 0.25) is 0 Å². The maximum Gasteiger partial charge on any atom is 0.176 e. The summed E-state index contributed by atoms with van der Waals surface area (Å²) in [4.78, 5) is 5.36. The Morgan fingerprint density at radius 2 is 1.84 bits per heavy atom. The lowest BCUT2D eigenvalue weighted by Gasteiger charge is -2.08. The Kier molecular flexibility index (Phi) is 4.66. The molecule has 1 heterocycles. The zero-order chi connectivity index (χ0) is 18.0. The molecule has 0 aliphatic heterocycles. The largest absolute Gasteiger partial charge is 0.239 e. The molecular weight excluding hydrogens is 359 g/mol. The van der Waals surface area contributed by atoms with E-state index < -0.39 is 9.84 Å². The number of rotatable bonds is 4. The summed E-state index contributed by atoms with van der Waals surface area (Å²) in [5, 5.41) is 9.54. The molecule has 1 aromatic heterocycles. The first kappa shape index (κ1) is 17.3. The molecule has 3 aromatic rings. The third kappa shape index (κ3) is 3.60. The van der Waals surface area contributed by atoms with E-state index in [1.54, 1.807) is 30.3 Å². The monoisotopic (exact) mass is 372 g/mol. The molecule has 126 valence electrons. The van der Waals surface area contributed by atoms with Gasteiger partial charge in [0.25, 0.3) is 0 Å². The van der Waals surface area contributed by atoms with E-state index in [0.29, 0.717) is 21.1 Å². The Morgan fingerprint density at radius 3 is 2.48 bits per heavy atom. The predicted octanol–water partition coefficient (Wildman–Crippen LogP) is 4.09. The molecule has 0 spiro atoms. The zero-order valence-electron chi connectivity index (χ0n) is 13.2. The van der Waals surface area contributed by atoms with Crippen molar-refractivity contribution in [3.63, 3.8) is 0 Å². The molecule has 0 bridgehead atoms. The fourth-order valence-corrected chi connectivity index (χ4v) is 4.38. The molecular formula is C18H13FN2O2S2. The second kappa shape index (κ2) is 6.75. The maximum atomic E-state index is 13.2. The summed E-state index contributed by atoms with van der Waals surface area (Å²) in [5.41, 5.74) is 1.69. The molecule has 0 amide bonds. The fourth-order valence-electron chi connectivity index (χ4n) is 2.47. The number of sulfone groups is 1. The molecule has 0 radical (unpaired) electrons. The standard InChI is InChI=1S/C18H13FN2O2S2/c1-25(22,23)15-5-3-2-4-14(15)17-18(24-16(21-17)10-11-20)12-6-8-13(19)9-7-12/h2-9H,10H2,1H3. The van der Waals surface area contributed by atoms with Crippen molar-refractivity contribution < 1.29 is 12.8 Å². The van der Waals surface area contributed by atoms with Crippen molar-refractivity contribution in [3.8, 4) is 27.8 Å². The summed E-state index contributed by atoms with van der Waals surface area (Å²) < 4.78 is 37.5. The maximum absolute atomic E-state index is 13.2. The van der Waals surface area contributed by atoms with Crippen LogP contribution in [0.2, 0.25) is 0 Å². The van der Waals surface area contributed by atoms with E-state index >= 15 is 0 Å². The van der Waals surface area contributed by atoms with Gasteiger partial charge in [0, 0.05) is 11.8 Å². The van der Waals surface area contributed by atoms with Gasteiger partial charge in [0.1, 0.15) is 10.8 Å². The highest BCUT2D eigenvalue weighted by Crippen LogP contribution is 2.39. The minimum atomic E-state index is -3.45. The molecule has 25 heavy (non-hydrogen) atoms. The lowest BCUT2D eigenvalue weighted by atomic mass is 10.1. The number of hydrogen-bond donors (Lipinski definition) is 0. The summed E-state index contributed by atoms with van der Waals surface area (Å²) in [7, 11) is -3.45. The Labute approximate surface area is 149 Å². The van der Waals surface area contributed by atoms with Crippen LogP contribution in [0.15, 0.2) is 53.4 Å². The second-order valence-electron chi connectivity index (χ2n) is 5.40. The Hall–Kier alpha value is -2.56. The molecule has 7 heteroatoms. The van der Waals surface area contributed by atoms with Crippen molar-refractivity contribution in [2.45, 2.75) is 11.3 Å². The number of halogens is 1. The van der Waals surface area contributed by atoms with Gasteiger partial charge in [-0.3, -0.25) is 0 Å². The van der Waals surface area contributed by atoms with E-state index in [4.69, 9.17) is 5.26 Å². The van der Waals surface area contributed by atoms with E-state index in [9.17, 15) is 12.8 Å². The number of benzene rings is 2. The molecule has 0 saturated carbocycles. The van der Waals surface area contributed by atoms with Gasteiger partial charge in [-0.2, -0.15) is 5.26 Å². The van der Waals surface area contributed by atoms with Crippen LogP contribution >= 0.6 is 11.3 Å². The highest BCUT2D eigenvalue weighted by Gasteiger charge is 2.21. The molecule has 4 nitrogen and oxygen atoms in total. The SMILES string of the molecule is CS(=O)(=O)c1ccccc1-c1nc(CC#N)sc1-c1ccc(F)cc1. The molecule has 0 N–H and O–H groups in total. The third-order valence-electron chi connectivity index (χ3n) is 3.55. The molecule has 0 atom stereocenters. The molecule has 0 unspecified atom stereocenters. The highest BCUT2D eigenvalue weighted by molar-refractivity contribution is 7.90. The van der Waals surface area contributed by atoms with Gasteiger partial charge < -0.3 is 0 Å². The lowest BCUT2D eigenvalue weighted by molar-refractivity contribution is 0.602. The van der Waals surface area contributed by atoms with Crippen molar-refractivity contribution in [2.24, 2.45) is 0 Å². The summed E-state index contributed by atoms with van der Waals surface area (Å²) >= 11 is 1.31. The van der Waals surface area contributed by atoms with Crippen LogP contribution in [-0.2, 0) is 16.3 Å². The molecule has 3 rings (SSSR count). The summed E-state index contributed by atoms with van der Waals surface area (Å²) in [5.74, 6) is -0.358. The topological polar surface area (TPSA) is 70.8 Å². The van der Waals surface area contributed by atoms with Crippen molar-refractivity contribution in [1.82, 2.24) is 4.98 Å². The Bertz CT molecular complexity index is 1070. The van der Waals surface area contributed by atoms with Crippen LogP contribution in [-0.4, -0.2) is 19.7 Å². The van der Waals surface area contributed by atoms with Crippen molar-refractivity contribution in [1.29, 1.82) is 5.26 Å². The first-order chi connectivity index (χ1) is 11.9. The number of nitriles is 1. The van der Waals surface area contributed by atoms with Crippen LogP contribution in [0.25, 0.3) is 21.7 Å². The lowest BCUT2D eigenvalue weighted by Crippen LogP contribution is -2.00. The van der Waals surface area contributed by atoms with Crippen LogP contribution in [0.4, 0.5) is 4.39 Å². The van der Waals surface area contributed by atoms with Gasteiger partial charge in [-0.1, -0.05) is 30.3 Å². The number of nitrogens with zero attached hydrogens (tertiary/aromatic N) is 2. The summed E-state index contributed by atoms with van der Waals surface area (Å²) in [6, 6.07) is 14.6. The number of aromatic nitrogens is 1. The molecule has 0 fully saturated rings. The van der Waals surface area contributed by atoms with Gasteiger partial charge in [-0.15, -0.1) is 11.3 Å². The highest BCUT2D eigenvalue weighted by atomic mass is 32.2. The predicted molar refractivity (Wildman–Crippen MR) is 95.4 cm³/mol. The van der Waals surface area contributed by atoms with Crippen LogP contribution in [0, 0.1) is 17.1 Å². The molecule has 0 aliphatic rings. The van der Waals surface area contributed by atoms with E-state index in [0.717, 1.165) is 11.8 Å². The fraction of sp³-hybridized carbons (Fsp3) is 0.111. The number of thiazole rings is 1. The third-order valence-corrected chi connectivity index (χ3v) is 5.81. The minimum absolute atomic E-state index is 0.125. The van der Waals surface area contributed by atoms with E-state index in [-0.39, 0.29) is 17.1 Å². The zero-order valence-corrected chi connectivity index (χ0v) is 14.9. The second-order valence-corrected chi connectivity index (χ2v) is 8.46. The minimum Gasteiger partial charge on any atom is -0.239 e. The van der Waals surface area contributed by atoms with E-state index in [2.05, 4.69) is 11.1 Å². The first-order valence-electron chi connectivity index (χ1n) is 7.32. The molecule has 0 aliphatic carbocycles.